The summed E-state index contributed by atoms with van der Waals surface area (Å²) in [6.45, 7) is 3.89. The third-order valence-corrected chi connectivity index (χ3v) is 2.89. The Morgan fingerprint density at radius 1 is 1.47 bits per heavy atom. The smallest absolute Gasteiger partial charge is 0.338 e. The van der Waals surface area contributed by atoms with Crippen molar-refractivity contribution in [3.05, 3.63) is 33.9 Å². The van der Waals surface area contributed by atoms with Crippen LogP contribution in [-0.4, -0.2) is 23.3 Å². The number of carbonyl (C=O) groups excluding carboxylic acids is 1. The lowest BCUT2D eigenvalue weighted by molar-refractivity contribution is -0.387. The maximum absolute atomic E-state index is 11.5. The van der Waals surface area contributed by atoms with E-state index in [1.54, 1.807) is 6.92 Å². The molecule has 0 bridgehead atoms. The van der Waals surface area contributed by atoms with E-state index in [9.17, 15) is 14.9 Å². The maximum Gasteiger partial charge on any atom is 0.338 e. The largest absolute Gasteiger partial charge is 0.462 e. The minimum atomic E-state index is -0.458. The average molecular weight is 255 g/mol. The Bertz CT molecular complexity index is 433. The Morgan fingerprint density at radius 2 is 2.18 bits per heavy atom. The van der Waals surface area contributed by atoms with Crippen molar-refractivity contribution >= 4 is 23.4 Å². The standard InChI is InChI=1S/C11H13NO4S/c1-3-16-11(13)8-5-6-9(12(14)15)10(7-8)17-4-2/h5-7H,3-4H2,1-2H3. The highest BCUT2D eigenvalue weighted by molar-refractivity contribution is 7.99. The van der Waals surface area contributed by atoms with Gasteiger partial charge in [0.05, 0.1) is 22.0 Å². The molecule has 0 unspecified atom stereocenters. The van der Waals surface area contributed by atoms with Crippen molar-refractivity contribution in [1.29, 1.82) is 0 Å². The van der Waals surface area contributed by atoms with Gasteiger partial charge in [0.25, 0.3) is 5.69 Å². The molecule has 1 aromatic rings. The Balaban J connectivity index is 3.09. The monoisotopic (exact) mass is 255 g/mol. The summed E-state index contributed by atoms with van der Waals surface area (Å²) in [6.07, 6.45) is 0. The molecule has 0 N–H and O–H groups in total. The highest BCUT2D eigenvalue weighted by Gasteiger charge is 2.17. The van der Waals surface area contributed by atoms with Gasteiger partial charge in [-0.2, -0.15) is 0 Å². The molecular formula is C11H13NO4S. The van der Waals surface area contributed by atoms with E-state index in [1.807, 2.05) is 6.92 Å². The van der Waals surface area contributed by atoms with E-state index in [1.165, 1.54) is 30.0 Å². The lowest BCUT2D eigenvalue weighted by atomic mass is 10.2. The Labute approximate surface area is 103 Å². The number of thioether (sulfide) groups is 1. The van der Waals surface area contributed by atoms with Crippen molar-refractivity contribution in [3.63, 3.8) is 0 Å². The highest BCUT2D eigenvalue weighted by atomic mass is 32.2. The van der Waals surface area contributed by atoms with E-state index in [0.717, 1.165) is 0 Å². The first-order valence-electron chi connectivity index (χ1n) is 5.18. The van der Waals surface area contributed by atoms with Crippen LogP contribution in [0.4, 0.5) is 5.69 Å². The van der Waals surface area contributed by atoms with Gasteiger partial charge >= 0.3 is 5.97 Å². The van der Waals surface area contributed by atoms with Crippen molar-refractivity contribution in [2.75, 3.05) is 12.4 Å². The van der Waals surface area contributed by atoms with Crippen molar-refractivity contribution in [2.45, 2.75) is 18.7 Å². The van der Waals surface area contributed by atoms with Crippen LogP contribution in [0.5, 0.6) is 0 Å². The lowest BCUT2D eigenvalue weighted by Gasteiger charge is -2.05. The van der Waals surface area contributed by atoms with E-state index < -0.39 is 10.9 Å². The SMILES string of the molecule is CCOC(=O)c1ccc([N+](=O)[O-])c(SCC)c1. The van der Waals surface area contributed by atoms with Gasteiger partial charge in [0, 0.05) is 6.07 Å². The van der Waals surface area contributed by atoms with Crippen LogP contribution < -0.4 is 0 Å². The second-order valence-electron chi connectivity index (χ2n) is 3.09. The second kappa shape index (κ2) is 6.24. The molecule has 0 radical (unpaired) electrons. The molecule has 5 nitrogen and oxygen atoms in total. The van der Waals surface area contributed by atoms with Gasteiger partial charge in [-0.05, 0) is 24.8 Å². The highest BCUT2D eigenvalue weighted by Crippen LogP contribution is 2.30. The first-order chi connectivity index (χ1) is 8.10. The van der Waals surface area contributed by atoms with Gasteiger partial charge in [0.1, 0.15) is 0 Å². The number of hydrogen-bond acceptors (Lipinski definition) is 5. The number of hydrogen-bond donors (Lipinski definition) is 0. The van der Waals surface area contributed by atoms with Crippen LogP contribution in [0, 0.1) is 10.1 Å². The molecule has 0 aromatic heterocycles. The molecule has 0 saturated carbocycles. The van der Waals surface area contributed by atoms with Crippen LogP contribution in [0.1, 0.15) is 24.2 Å². The zero-order valence-corrected chi connectivity index (χ0v) is 10.5. The molecule has 6 heteroatoms. The van der Waals surface area contributed by atoms with Gasteiger partial charge < -0.3 is 4.74 Å². The lowest BCUT2D eigenvalue weighted by Crippen LogP contribution is -2.05. The van der Waals surface area contributed by atoms with Crippen LogP contribution in [0.25, 0.3) is 0 Å². The van der Waals surface area contributed by atoms with Crippen molar-refractivity contribution in [3.8, 4) is 0 Å². The zero-order chi connectivity index (χ0) is 12.8. The number of carbonyl (C=O) groups is 1. The van der Waals surface area contributed by atoms with Crippen LogP contribution in [-0.2, 0) is 4.74 Å². The van der Waals surface area contributed by atoms with Crippen LogP contribution >= 0.6 is 11.8 Å². The third kappa shape index (κ3) is 3.45. The minimum Gasteiger partial charge on any atom is -0.462 e. The number of nitro groups is 1. The van der Waals surface area contributed by atoms with Gasteiger partial charge in [-0.25, -0.2) is 4.79 Å². The van der Waals surface area contributed by atoms with Crippen LogP contribution in [0.15, 0.2) is 23.1 Å². The molecule has 1 rings (SSSR count). The van der Waals surface area contributed by atoms with Gasteiger partial charge in [-0.3, -0.25) is 10.1 Å². The molecule has 0 spiro atoms. The number of esters is 1. The molecule has 0 saturated heterocycles. The first-order valence-corrected chi connectivity index (χ1v) is 6.17. The number of nitro benzene ring substituents is 1. The Kier molecular flexibility index (Phi) is 4.96. The Morgan fingerprint density at radius 3 is 2.71 bits per heavy atom. The molecule has 0 atom stereocenters. The fourth-order valence-corrected chi connectivity index (χ4v) is 2.09. The number of benzene rings is 1. The summed E-state index contributed by atoms with van der Waals surface area (Å²) < 4.78 is 4.84. The predicted octanol–water partition coefficient (Wildman–Crippen LogP) is 2.88. The number of ether oxygens (including phenoxy) is 1. The Hall–Kier alpha value is -1.56. The minimum absolute atomic E-state index is 0.0184. The second-order valence-corrected chi connectivity index (χ2v) is 4.40. The fraction of sp³-hybridized carbons (Fsp3) is 0.364. The summed E-state index contributed by atoms with van der Waals surface area (Å²) in [7, 11) is 0. The summed E-state index contributed by atoms with van der Waals surface area (Å²) in [5.74, 6) is 0.243. The normalized spacial score (nSPS) is 10.0. The molecule has 0 heterocycles. The quantitative estimate of drug-likeness (QED) is 0.350. The van der Waals surface area contributed by atoms with Gasteiger partial charge in [-0.1, -0.05) is 6.92 Å². The van der Waals surface area contributed by atoms with Gasteiger partial charge in [-0.15, -0.1) is 11.8 Å². The van der Waals surface area contributed by atoms with Crippen molar-refractivity contribution in [1.82, 2.24) is 0 Å². The van der Waals surface area contributed by atoms with Crippen molar-refractivity contribution in [2.24, 2.45) is 0 Å². The molecular weight excluding hydrogens is 242 g/mol. The molecule has 0 aliphatic heterocycles. The molecule has 17 heavy (non-hydrogen) atoms. The van der Waals surface area contributed by atoms with Crippen LogP contribution in [0.3, 0.4) is 0 Å². The fourth-order valence-electron chi connectivity index (χ4n) is 1.28. The summed E-state index contributed by atoms with van der Waals surface area (Å²) in [5.41, 5.74) is 0.360. The first kappa shape index (κ1) is 13.5. The zero-order valence-electron chi connectivity index (χ0n) is 9.63. The predicted molar refractivity (Wildman–Crippen MR) is 65.5 cm³/mol. The third-order valence-electron chi connectivity index (χ3n) is 1.97. The van der Waals surface area contributed by atoms with E-state index in [-0.39, 0.29) is 12.3 Å². The number of rotatable bonds is 5. The number of nitrogens with zero attached hydrogens (tertiary/aromatic N) is 1. The van der Waals surface area contributed by atoms with Gasteiger partial charge in [0.15, 0.2) is 0 Å². The van der Waals surface area contributed by atoms with Crippen molar-refractivity contribution < 1.29 is 14.5 Å². The summed E-state index contributed by atoms with van der Waals surface area (Å²) in [4.78, 5) is 22.3. The maximum atomic E-state index is 11.5. The van der Waals surface area contributed by atoms with Crippen LogP contribution in [0.2, 0.25) is 0 Å². The molecule has 1 aromatic carbocycles. The topological polar surface area (TPSA) is 69.4 Å². The molecule has 0 fully saturated rings. The van der Waals surface area contributed by atoms with E-state index in [0.29, 0.717) is 16.2 Å². The summed E-state index contributed by atoms with van der Waals surface area (Å²) in [6, 6.07) is 4.25. The molecule has 0 aliphatic carbocycles. The molecule has 92 valence electrons. The summed E-state index contributed by atoms with van der Waals surface area (Å²) in [5, 5.41) is 10.8. The average Bonchev–Trinajstić information content (AvgIpc) is 2.29. The molecule has 0 amide bonds. The van der Waals surface area contributed by atoms with E-state index >= 15 is 0 Å². The van der Waals surface area contributed by atoms with E-state index in [4.69, 9.17) is 4.74 Å². The van der Waals surface area contributed by atoms with E-state index in [2.05, 4.69) is 0 Å². The molecule has 0 aliphatic rings. The van der Waals surface area contributed by atoms with Gasteiger partial charge in [0.2, 0.25) is 0 Å². The summed E-state index contributed by atoms with van der Waals surface area (Å²) >= 11 is 1.33.